The Kier molecular flexibility index (Phi) is 3.27. The first kappa shape index (κ1) is 11.4. The highest BCUT2D eigenvalue weighted by molar-refractivity contribution is 5.86. The Bertz CT molecular complexity index is 438. The van der Waals surface area contributed by atoms with Crippen molar-refractivity contribution in [1.82, 2.24) is 0 Å². The predicted molar refractivity (Wildman–Crippen MR) is 61.5 cm³/mol. The Balaban J connectivity index is 2.01. The van der Waals surface area contributed by atoms with Gasteiger partial charge in [0, 0.05) is 6.42 Å². The largest absolute Gasteiger partial charge is 0.497 e. The van der Waals surface area contributed by atoms with Crippen molar-refractivity contribution in [1.29, 1.82) is 0 Å². The molecule has 0 aliphatic carbocycles. The summed E-state index contributed by atoms with van der Waals surface area (Å²) in [4.78, 5) is 14.7. The summed E-state index contributed by atoms with van der Waals surface area (Å²) in [5.41, 5.74) is 1.01. The Morgan fingerprint density at radius 3 is 2.76 bits per heavy atom. The van der Waals surface area contributed by atoms with E-state index in [1.54, 1.807) is 7.11 Å². The Labute approximate surface area is 98.7 Å². The lowest BCUT2D eigenvalue weighted by molar-refractivity contribution is -0.138. The summed E-state index contributed by atoms with van der Waals surface area (Å²) in [6, 6.07) is 6.74. The van der Waals surface area contributed by atoms with Crippen molar-refractivity contribution >= 4 is 11.9 Å². The van der Waals surface area contributed by atoms with E-state index in [2.05, 4.69) is 4.99 Å². The van der Waals surface area contributed by atoms with Gasteiger partial charge in [-0.15, -0.1) is 0 Å². The molecule has 1 aromatic rings. The SMILES string of the molecule is COc1ccc(CC2=NC(C(=O)O)CO2)cc1. The van der Waals surface area contributed by atoms with Gasteiger partial charge >= 0.3 is 5.97 Å². The first-order valence-electron chi connectivity index (χ1n) is 5.24. The number of nitrogens with zero attached hydrogens (tertiary/aromatic N) is 1. The van der Waals surface area contributed by atoms with E-state index in [1.807, 2.05) is 24.3 Å². The molecule has 1 aromatic carbocycles. The van der Waals surface area contributed by atoms with Crippen LogP contribution >= 0.6 is 0 Å². The topological polar surface area (TPSA) is 68.1 Å². The van der Waals surface area contributed by atoms with E-state index >= 15 is 0 Å². The molecule has 17 heavy (non-hydrogen) atoms. The van der Waals surface area contributed by atoms with Crippen LogP contribution in [0.25, 0.3) is 0 Å². The average molecular weight is 235 g/mol. The standard InChI is InChI=1S/C12H13NO4/c1-16-9-4-2-8(3-5-9)6-11-13-10(7-17-11)12(14)15/h2-5,10H,6-7H2,1H3,(H,14,15). The maximum atomic E-state index is 10.7. The number of rotatable bonds is 4. The van der Waals surface area contributed by atoms with E-state index in [4.69, 9.17) is 14.6 Å². The molecular weight excluding hydrogens is 222 g/mol. The van der Waals surface area contributed by atoms with Gasteiger partial charge in [0.1, 0.15) is 12.4 Å². The van der Waals surface area contributed by atoms with Crippen LogP contribution in [0.3, 0.4) is 0 Å². The molecule has 1 atom stereocenters. The smallest absolute Gasteiger partial charge is 0.332 e. The normalized spacial score (nSPS) is 18.4. The average Bonchev–Trinajstić information content (AvgIpc) is 2.79. The molecule has 5 nitrogen and oxygen atoms in total. The Morgan fingerprint density at radius 1 is 1.53 bits per heavy atom. The second-order valence-electron chi connectivity index (χ2n) is 3.71. The fourth-order valence-electron chi connectivity index (χ4n) is 1.56. The monoisotopic (exact) mass is 235 g/mol. The van der Waals surface area contributed by atoms with Crippen LogP contribution in [0.1, 0.15) is 5.56 Å². The number of methoxy groups -OCH3 is 1. The van der Waals surface area contributed by atoms with Crippen LogP contribution in [0.5, 0.6) is 5.75 Å². The molecule has 0 spiro atoms. The number of ether oxygens (including phenoxy) is 2. The highest BCUT2D eigenvalue weighted by atomic mass is 16.5. The predicted octanol–water partition coefficient (Wildman–Crippen LogP) is 1.12. The minimum Gasteiger partial charge on any atom is -0.497 e. The molecular formula is C12H13NO4. The van der Waals surface area contributed by atoms with E-state index in [1.165, 1.54) is 0 Å². The number of carboxylic acid groups (broad SMARTS) is 1. The molecule has 1 unspecified atom stereocenters. The molecule has 0 bridgehead atoms. The van der Waals surface area contributed by atoms with Gasteiger partial charge in [0.15, 0.2) is 11.9 Å². The lowest BCUT2D eigenvalue weighted by Crippen LogP contribution is -2.18. The summed E-state index contributed by atoms with van der Waals surface area (Å²) < 4.78 is 10.3. The molecule has 0 fully saturated rings. The summed E-state index contributed by atoms with van der Waals surface area (Å²) in [7, 11) is 1.61. The summed E-state index contributed by atoms with van der Waals surface area (Å²) in [6.45, 7) is 0.126. The second kappa shape index (κ2) is 4.86. The fraction of sp³-hybridized carbons (Fsp3) is 0.333. The molecule has 0 radical (unpaired) electrons. The number of aliphatic carboxylic acids is 1. The quantitative estimate of drug-likeness (QED) is 0.849. The van der Waals surface area contributed by atoms with Crippen LogP contribution in [0.4, 0.5) is 0 Å². The van der Waals surface area contributed by atoms with Gasteiger partial charge in [-0.25, -0.2) is 9.79 Å². The van der Waals surface area contributed by atoms with E-state index in [0.29, 0.717) is 12.3 Å². The number of hydrogen-bond acceptors (Lipinski definition) is 4. The highest BCUT2D eigenvalue weighted by Gasteiger charge is 2.24. The van der Waals surface area contributed by atoms with Crippen molar-refractivity contribution in [3.63, 3.8) is 0 Å². The third kappa shape index (κ3) is 2.75. The molecule has 1 aliphatic heterocycles. The summed E-state index contributed by atoms with van der Waals surface area (Å²) >= 11 is 0. The number of benzene rings is 1. The zero-order chi connectivity index (χ0) is 12.3. The van der Waals surface area contributed by atoms with E-state index in [-0.39, 0.29) is 6.61 Å². The Hall–Kier alpha value is -2.04. The van der Waals surface area contributed by atoms with Gasteiger partial charge in [0.2, 0.25) is 0 Å². The third-order valence-corrected chi connectivity index (χ3v) is 2.51. The molecule has 1 aliphatic rings. The van der Waals surface area contributed by atoms with E-state index in [9.17, 15) is 4.79 Å². The van der Waals surface area contributed by atoms with Gasteiger partial charge in [-0.1, -0.05) is 12.1 Å². The van der Waals surface area contributed by atoms with Crippen LogP contribution < -0.4 is 4.74 Å². The minimum absolute atomic E-state index is 0.126. The van der Waals surface area contributed by atoms with E-state index < -0.39 is 12.0 Å². The molecule has 1 N–H and O–H groups in total. The molecule has 2 rings (SSSR count). The van der Waals surface area contributed by atoms with Crippen molar-refractivity contribution in [2.24, 2.45) is 4.99 Å². The maximum absolute atomic E-state index is 10.7. The first-order chi connectivity index (χ1) is 8.19. The van der Waals surface area contributed by atoms with Gasteiger partial charge in [-0.05, 0) is 17.7 Å². The van der Waals surface area contributed by atoms with Crippen LogP contribution in [-0.4, -0.2) is 36.7 Å². The molecule has 0 saturated heterocycles. The van der Waals surface area contributed by atoms with Gasteiger partial charge in [-0.2, -0.15) is 0 Å². The minimum atomic E-state index is -0.949. The number of carbonyl (C=O) groups is 1. The van der Waals surface area contributed by atoms with Crippen molar-refractivity contribution in [2.45, 2.75) is 12.5 Å². The third-order valence-electron chi connectivity index (χ3n) is 2.51. The fourth-order valence-corrected chi connectivity index (χ4v) is 1.56. The second-order valence-corrected chi connectivity index (χ2v) is 3.71. The van der Waals surface area contributed by atoms with Crippen molar-refractivity contribution < 1.29 is 19.4 Å². The molecule has 5 heteroatoms. The van der Waals surface area contributed by atoms with Gasteiger partial charge in [0.25, 0.3) is 0 Å². The summed E-state index contributed by atoms with van der Waals surface area (Å²) in [6.07, 6.45) is 0.508. The zero-order valence-corrected chi connectivity index (χ0v) is 9.42. The summed E-state index contributed by atoms with van der Waals surface area (Å²) in [5.74, 6) is 0.309. The van der Waals surface area contributed by atoms with Crippen molar-refractivity contribution in [3.8, 4) is 5.75 Å². The van der Waals surface area contributed by atoms with Crippen molar-refractivity contribution in [2.75, 3.05) is 13.7 Å². The molecule has 90 valence electrons. The van der Waals surface area contributed by atoms with Crippen LogP contribution in [0, 0.1) is 0 Å². The molecule has 0 saturated carbocycles. The molecule has 0 aromatic heterocycles. The molecule has 1 heterocycles. The number of carboxylic acids is 1. The lowest BCUT2D eigenvalue weighted by atomic mass is 10.1. The van der Waals surface area contributed by atoms with Gasteiger partial charge in [0.05, 0.1) is 7.11 Å². The van der Waals surface area contributed by atoms with Crippen LogP contribution in [-0.2, 0) is 16.0 Å². The van der Waals surface area contributed by atoms with Gasteiger partial charge < -0.3 is 14.6 Å². The number of hydrogen-bond donors (Lipinski definition) is 1. The number of aliphatic imine (C=N–C) groups is 1. The van der Waals surface area contributed by atoms with Crippen molar-refractivity contribution in [3.05, 3.63) is 29.8 Å². The van der Waals surface area contributed by atoms with E-state index in [0.717, 1.165) is 11.3 Å². The Morgan fingerprint density at radius 2 is 2.24 bits per heavy atom. The van der Waals surface area contributed by atoms with Crippen LogP contribution in [0.15, 0.2) is 29.3 Å². The zero-order valence-electron chi connectivity index (χ0n) is 9.42. The first-order valence-corrected chi connectivity index (χ1v) is 5.24. The maximum Gasteiger partial charge on any atom is 0.332 e. The summed E-state index contributed by atoms with van der Waals surface area (Å²) in [5, 5.41) is 8.76. The van der Waals surface area contributed by atoms with Gasteiger partial charge in [-0.3, -0.25) is 0 Å². The van der Waals surface area contributed by atoms with Crippen LogP contribution in [0.2, 0.25) is 0 Å². The lowest BCUT2D eigenvalue weighted by Gasteiger charge is -2.03. The highest BCUT2D eigenvalue weighted by Crippen LogP contribution is 2.14. The molecule has 0 amide bonds.